The summed E-state index contributed by atoms with van der Waals surface area (Å²) in [6.45, 7) is 0.574. The monoisotopic (exact) mass is 519 g/mol. The number of aromatic amines is 1. The first-order valence-corrected chi connectivity index (χ1v) is 12.0. The number of fused-ring (bicyclic) bond motifs is 1. The van der Waals surface area contributed by atoms with E-state index in [-0.39, 0.29) is 17.3 Å². The zero-order valence-corrected chi connectivity index (χ0v) is 20.4. The second kappa shape index (κ2) is 10.5. The molecule has 1 aliphatic rings. The van der Waals surface area contributed by atoms with Crippen LogP contribution >= 0.6 is 0 Å². The summed E-state index contributed by atoms with van der Waals surface area (Å²) >= 11 is 0. The van der Waals surface area contributed by atoms with Crippen LogP contribution in [-0.2, 0) is 11.2 Å². The van der Waals surface area contributed by atoms with Gasteiger partial charge in [0.05, 0.1) is 17.2 Å². The third-order valence-electron chi connectivity index (χ3n) is 6.59. The molecule has 1 aliphatic heterocycles. The SMILES string of the molecule is CN1CCc2[nH]c(-c3ccnc(NC(=O)[C@H](CC(F)F)c4ccc(F)cc4)c3)c(-c3cccnc3)c2C1=O. The molecule has 0 radical (unpaired) electrons. The van der Waals surface area contributed by atoms with Crippen LogP contribution < -0.4 is 5.32 Å². The number of benzene rings is 1. The van der Waals surface area contributed by atoms with Gasteiger partial charge in [0.25, 0.3) is 5.91 Å². The van der Waals surface area contributed by atoms with Gasteiger partial charge in [0.2, 0.25) is 12.3 Å². The van der Waals surface area contributed by atoms with Crippen LogP contribution in [0.3, 0.4) is 0 Å². The van der Waals surface area contributed by atoms with Gasteiger partial charge in [-0.2, -0.15) is 0 Å². The van der Waals surface area contributed by atoms with Crippen molar-refractivity contribution in [2.45, 2.75) is 25.2 Å². The van der Waals surface area contributed by atoms with Gasteiger partial charge < -0.3 is 15.2 Å². The van der Waals surface area contributed by atoms with E-state index in [1.807, 2.05) is 6.07 Å². The number of hydrogen-bond donors (Lipinski definition) is 2. The molecule has 38 heavy (non-hydrogen) atoms. The second-order valence-electron chi connectivity index (χ2n) is 9.10. The molecule has 3 aromatic heterocycles. The Morgan fingerprint density at radius 2 is 1.89 bits per heavy atom. The smallest absolute Gasteiger partial charge is 0.256 e. The molecule has 0 saturated heterocycles. The number of carbonyl (C=O) groups excluding carboxylic acids is 2. The highest BCUT2D eigenvalue weighted by Crippen LogP contribution is 2.39. The summed E-state index contributed by atoms with van der Waals surface area (Å²) in [6, 6.07) is 11.9. The molecule has 2 N–H and O–H groups in total. The van der Waals surface area contributed by atoms with Gasteiger partial charge in [0.15, 0.2) is 0 Å². The number of aromatic nitrogens is 3. The van der Waals surface area contributed by atoms with Gasteiger partial charge in [-0.05, 0) is 35.9 Å². The molecule has 0 saturated carbocycles. The van der Waals surface area contributed by atoms with Gasteiger partial charge in [-0.25, -0.2) is 18.2 Å². The van der Waals surface area contributed by atoms with E-state index in [2.05, 4.69) is 20.3 Å². The maximum Gasteiger partial charge on any atom is 0.256 e. The third kappa shape index (κ3) is 5.02. The van der Waals surface area contributed by atoms with Crippen LogP contribution in [0.15, 0.2) is 67.1 Å². The van der Waals surface area contributed by atoms with Crippen LogP contribution in [0.4, 0.5) is 19.0 Å². The van der Waals surface area contributed by atoms with Crippen LogP contribution in [0.2, 0.25) is 0 Å². The van der Waals surface area contributed by atoms with E-state index >= 15 is 0 Å². The number of hydrogen-bond acceptors (Lipinski definition) is 4. The second-order valence-corrected chi connectivity index (χ2v) is 9.10. The first-order valence-electron chi connectivity index (χ1n) is 12.0. The molecule has 5 rings (SSSR count). The molecular weight excluding hydrogens is 495 g/mol. The molecule has 1 aromatic carbocycles. The van der Waals surface area contributed by atoms with Crippen LogP contribution in [0.1, 0.15) is 34.0 Å². The Labute approximate surface area is 216 Å². The standard InChI is InChI=1S/C28H24F3N5O2/c1-36-12-9-21-25(28(36)38)24(18-3-2-10-32-15-18)26(34-21)17-8-11-33-23(13-17)35-27(37)20(14-22(30)31)16-4-6-19(29)7-5-16/h2-8,10-11,13,15,20,22,34H,9,12,14H2,1H3,(H,33,35,37)/t20-/m1/s1. The summed E-state index contributed by atoms with van der Waals surface area (Å²) in [5, 5.41) is 2.63. The third-order valence-corrected chi connectivity index (χ3v) is 6.59. The van der Waals surface area contributed by atoms with Gasteiger partial charge in [0, 0.05) is 67.4 Å². The first kappa shape index (κ1) is 25.2. The summed E-state index contributed by atoms with van der Waals surface area (Å²) in [4.78, 5) is 39.6. The fourth-order valence-corrected chi connectivity index (χ4v) is 4.70. The van der Waals surface area contributed by atoms with E-state index < -0.39 is 30.5 Å². The van der Waals surface area contributed by atoms with Gasteiger partial charge in [0.1, 0.15) is 11.6 Å². The van der Waals surface area contributed by atoms with Crippen molar-refractivity contribution < 1.29 is 22.8 Å². The van der Waals surface area contributed by atoms with Crippen LogP contribution in [0, 0.1) is 5.82 Å². The first-order chi connectivity index (χ1) is 18.3. The zero-order valence-electron chi connectivity index (χ0n) is 20.4. The topological polar surface area (TPSA) is 91.0 Å². The Morgan fingerprint density at radius 1 is 1.11 bits per heavy atom. The van der Waals surface area contributed by atoms with Crippen LogP contribution in [0.25, 0.3) is 22.4 Å². The lowest BCUT2D eigenvalue weighted by atomic mass is 9.94. The Balaban J connectivity index is 1.51. The number of likely N-dealkylation sites (N-methyl/N-ethyl adjacent to an activating group) is 1. The number of anilines is 1. The maximum absolute atomic E-state index is 13.4. The largest absolute Gasteiger partial charge is 0.357 e. The van der Waals surface area contributed by atoms with Gasteiger partial charge >= 0.3 is 0 Å². The number of halogens is 3. The highest BCUT2D eigenvalue weighted by Gasteiger charge is 2.31. The van der Waals surface area contributed by atoms with Crippen LogP contribution in [0.5, 0.6) is 0 Å². The van der Waals surface area contributed by atoms with Crippen molar-refractivity contribution in [3.63, 3.8) is 0 Å². The van der Waals surface area contributed by atoms with Crippen molar-refractivity contribution in [3.05, 3.63) is 89.8 Å². The highest BCUT2D eigenvalue weighted by atomic mass is 19.3. The quantitative estimate of drug-likeness (QED) is 0.348. The minimum absolute atomic E-state index is 0.107. The minimum Gasteiger partial charge on any atom is -0.357 e. The molecule has 0 unspecified atom stereocenters. The Kier molecular flexibility index (Phi) is 6.95. The number of carbonyl (C=O) groups is 2. The van der Waals surface area contributed by atoms with Crippen molar-refractivity contribution in [2.75, 3.05) is 18.9 Å². The van der Waals surface area contributed by atoms with Crippen molar-refractivity contribution in [1.29, 1.82) is 0 Å². The molecule has 0 aliphatic carbocycles. The minimum atomic E-state index is -2.74. The zero-order chi connectivity index (χ0) is 26.8. The summed E-state index contributed by atoms with van der Waals surface area (Å²) in [5.41, 5.74) is 4.39. The average Bonchev–Trinajstić information content (AvgIpc) is 3.31. The highest BCUT2D eigenvalue weighted by molar-refractivity contribution is 6.06. The molecule has 0 bridgehead atoms. The number of pyridine rings is 2. The molecule has 7 nitrogen and oxygen atoms in total. The number of nitrogens with one attached hydrogen (secondary N) is 2. The summed E-state index contributed by atoms with van der Waals surface area (Å²) in [7, 11) is 1.75. The van der Waals surface area contributed by atoms with Crippen molar-refractivity contribution >= 4 is 17.6 Å². The number of H-pyrrole nitrogens is 1. The molecule has 194 valence electrons. The van der Waals surface area contributed by atoms with Gasteiger partial charge in [-0.3, -0.25) is 14.6 Å². The Hall–Kier alpha value is -4.47. The summed E-state index contributed by atoms with van der Waals surface area (Å²) < 4.78 is 40.0. The van der Waals surface area contributed by atoms with Crippen molar-refractivity contribution in [2.24, 2.45) is 0 Å². The lowest BCUT2D eigenvalue weighted by Crippen LogP contribution is -2.34. The molecule has 0 fully saturated rings. The van der Waals surface area contributed by atoms with E-state index in [0.717, 1.165) is 23.4 Å². The van der Waals surface area contributed by atoms with Crippen molar-refractivity contribution in [1.82, 2.24) is 19.9 Å². The van der Waals surface area contributed by atoms with E-state index in [0.29, 0.717) is 35.3 Å². The predicted molar refractivity (Wildman–Crippen MR) is 136 cm³/mol. The fraction of sp³-hybridized carbons (Fsp3) is 0.214. The fourth-order valence-electron chi connectivity index (χ4n) is 4.70. The lowest BCUT2D eigenvalue weighted by molar-refractivity contribution is -0.118. The van der Waals surface area contributed by atoms with E-state index in [9.17, 15) is 22.8 Å². The molecule has 10 heteroatoms. The number of alkyl halides is 2. The number of rotatable bonds is 7. The molecular formula is C28H24F3N5O2. The normalized spacial score (nSPS) is 13.9. The van der Waals surface area contributed by atoms with Gasteiger partial charge in [-0.15, -0.1) is 0 Å². The molecule has 4 heterocycles. The van der Waals surface area contributed by atoms with Crippen molar-refractivity contribution in [3.8, 4) is 22.4 Å². The molecule has 0 spiro atoms. The van der Waals surface area contributed by atoms with E-state index in [1.165, 1.54) is 18.3 Å². The van der Waals surface area contributed by atoms with E-state index in [4.69, 9.17) is 0 Å². The summed E-state index contributed by atoms with van der Waals surface area (Å²) in [5.74, 6) is -2.36. The number of amides is 2. The van der Waals surface area contributed by atoms with E-state index in [1.54, 1.807) is 42.5 Å². The Bertz CT molecular complexity index is 1470. The maximum atomic E-state index is 13.4. The Morgan fingerprint density at radius 3 is 2.61 bits per heavy atom. The molecule has 4 aromatic rings. The lowest BCUT2D eigenvalue weighted by Gasteiger charge is -2.23. The van der Waals surface area contributed by atoms with Gasteiger partial charge in [-0.1, -0.05) is 18.2 Å². The predicted octanol–water partition coefficient (Wildman–Crippen LogP) is 5.28. The number of nitrogens with zero attached hydrogens (tertiary/aromatic N) is 3. The molecule has 2 amide bonds. The average molecular weight is 520 g/mol. The molecule has 1 atom stereocenters. The summed E-state index contributed by atoms with van der Waals surface area (Å²) in [6.07, 6.45) is 2.00. The van der Waals surface area contributed by atoms with Crippen LogP contribution in [-0.4, -0.2) is 51.7 Å².